The molecule has 45 heavy (non-hydrogen) atoms. The fraction of sp³-hybridized carbons (Fsp3) is 0.457. The number of benzene rings is 1. The van der Waals surface area contributed by atoms with Crippen molar-refractivity contribution in [2.75, 3.05) is 33.5 Å². The van der Waals surface area contributed by atoms with Crippen LogP contribution in [0.15, 0.2) is 53.9 Å². The first kappa shape index (κ1) is 32.2. The molecule has 0 spiro atoms. The lowest BCUT2D eigenvalue weighted by atomic mass is 9.93. The lowest BCUT2D eigenvalue weighted by molar-refractivity contribution is 0.0289. The second-order valence-corrected chi connectivity index (χ2v) is 11.5. The molecule has 10 nitrogen and oxygen atoms in total. The second kappa shape index (κ2) is 14.8. The Hall–Kier alpha value is -4.15. The summed E-state index contributed by atoms with van der Waals surface area (Å²) in [6.45, 7) is 12.2. The first-order valence-corrected chi connectivity index (χ1v) is 15.8. The lowest BCUT2D eigenvalue weighted by Crippen LogP contribution is -2.42. The maximum atomic E-state index is 11.8. The number of hydrogen-bond donors (Lipinski definition) is 1. The number of allylic oxidation sites excluding steroid dienone is 3. The van der Waals surface area contributed by atoms with Crippen LogP contribution < -0.4 is 9.47 Å². The van der Waals surface area contributed by atoms with Crippen molar-refractivity contribution >= 4 is 11.5 Å². The Morgan fingerprint density at radius 1 is 1.16 bits per heavy atom. The van der Waals surface area contributed by atoms with Gasteiger partial charge in [-0.15, -0.1) is 0 Å². The number of aromatic carboxylic acids is 1. The van der Waals surface area contributed by atoms with Crippen LogP contribution in [0.1, 0.15) is 79.7 Å². The summed E-state index contributed by atoms with van der Waals surface area (Å²) in [6.07, 6.45) is 7.27. The SMILES string of the molecule is CC/C=C(\C(OCc1ccc2c(c1OC)CCN(C1CCOCC1)C2)=C(C)C)c1cccc(-n2ncc(C(=O)O)c2OCC)n1. The van der Waals surface area contributed by atoms with E-state index < -0.39 is 5.97 Å². The molecule has 0 aliphatic carbocycles. The van der Waals surface area contributed by atoms with Crippen molar-refractivity contribution in [2.24, 2.45) is 0 Å². The molecule has 2 aliphatic rings. The first-order chi connectivity index (χ1) is 21.9. The zero-order chi connectivity index (χ0) is 31.9. The Kier molecular flexibility index (Phi) is 10.6. The molecule has 0 saturated carbocycles. The number of methoxy groups -OCH3 is 1. The molecule has 240 valence electrons. The summed E-state index contributed by atoms with van der Waals surface area (Å²) in [6, 6.07) is 10.5. The minimum absolute atomic E-state index is 0.0167. The zero-order valence-corrected chi connectivity index (χ0v) is 27.0. The van der Waals surface area contributed by atoms with Crippen molar-refractivity contribution in [1.82, 2.24) is 19.7 Å². The lowest BCUT2D eigenvalue weighted by Gasteiger charge is -2.38. The van der Waals surface area contributed by atoms with Crippen molar-refractivity contribution in [3.8, 4) is 17.4 Å². The van der Waals surface area contributed by atoms with E-state index >= 15 is 0 Å². The molecule has 0 atom stereocenters. The van der Waals surface area contributed by atoms with E-state index in [1.807, 2.05) is 26.0 Å². The highest BCUT2D eigenvalue weighted by molar-refractivity contribution is 5.90. The van der Waals surface area contributed by atoms with Gasteiger partial charge in [0.05, 0.1) is 25.6 Å². The maximum Gasteiger partial charge on any atom is 0.342 e. The highest BCUT2D eigenvalue weighted by atomic mass is 16.5. The van der Waals surface area contributed by atoms with Crippen LogP contribution in [0.25, 0.3) is 11.4 Å². The fourth-order valence-corrected chi connectivity index (χ4v) is 6.20. The highest BCUT2D eigenvalue weighted by Crippen LogP contribution is 2.35. The molecule has 2 aliphatic heterocycles. The van der Waals surface area contributed by atoms with Crippen molar-refractivity contribution in [3.05, 3.63) is 81.9 Å². The standard InChI is InChI=1S/C35H44N4O6/c1-6-9-28(30-10-8-11-31(37-30)39-34(44-7-2)29(20-36-39)35(40)41)32(23(3)4)45-22-25-13-12-24-21-38(26-15-18-43-19-16-26)17-14-27(24)33(25)42-5/h8-13,20,26H,6-7,14-19,21-22H2,1-5H3,(H,40,41)/b28-9-. The summed E-state index contributed by atoms with van der Waals surface area (Å²) in [7, 11) is 1.74. The van der Waals surface area contributed by atoms with Gasteiger partial charge in [-0.2, -0.15) is 9.78 Å². The third-order valence-electron chi connectivity index (χ3n) is 8.32. The van der Waals surface area contributed by atoms with E-state index in [1.165, 1.54) is 22.0 Å². The van der Waals surface area contributed by atoms with Crippen molar-refractivity contribution in [1.29, 1.82) is 0 Å². The van der Waals surface area contributed by atoms with Crippen LogP contribution in [-0.4, -0.2) is 70.3 Å². The number of ether oxygens (including phenoxy) is 4. The summed E-state index contributed by atoms with van der Waals surface area (Å²) in [5.41, 5.74) is 6.12. The maximum absolute atomic E-state index is 11.8. The Balaban J connectivity index is 1.40. The molecular formula is C35H44N4O6. The number of nitrogens with zero attached hydrogens (tertiary/aromatic N) is 4. The number of carbonyl (C=O) groups is 1. The van der Waals surface area contributed by atoms with Gasteiger partial charge in [-0.05, 0) is 69.7 Å². The summed E-state index contributed by atoms with van der Waals surface area (Å²) < 4.78 is 25.3. The molecule has 5 rings (SSSR count). The van der Waals surface area contributed by atoms with E-state index in [4.69, 9.17) is 23.9 Å². The average Bonchev–Trinajstić information content (AvgIpc) is 3.48. The smallest absolute Gasteiger partial charge is 0.342 e. The number of rotatable bonds is 12. The van der Waals surface area contributed by atoms with E-state index in [-0.39, 0.29) is 11.4 Å². The third-order valence-corrected chi connectivity index (χ3v) is 8.32. The van der Waals surface area contributed by atoms with Crippen molar-refractivity contribution in [2.45, 2.75) is 72.6 Å². The van der Waals surface area contributed by atoms with Gasteiger partial charge >= 0.3 is 5.97 Å². The quantitative estimate of drug-likeness (QED) is 0.188. The minimum Gasteiger partial charge on any atom is -0.496 e. The third kappa shape index (κ3) is 7.07. The molecule has 1 N–H and O–H groups in total. The van der Waals surface area contributed by atoms with Crippen LogP contribution in [0.2, 0.25) is 0 Å². The van der Waals surface area contributed by atoms with Crippen LogP contribution in [0, 0.1) is 0 Å². The first-order valence-electron chi connectivity index (χ1n) is 15.8. The van der Waals surface area contributed by atoms with Gasteiger partial charge in [0.15, 0.2) is 5.82 Å². The number of carboxylic acids is 1. The monoisotopic (exact) mass is 616 g/mol. The van der Waals surface area contributed by atoms with Gasteiger partial charge in [-0.25, -0.2) is 9.78 Å². The van der Waals surface area contributed by atoms with Crippen LogP contribution in [0.3, 0.4) is 0 Å². The Labute approximate surface area is 265 Å². The van der Waals surface area contributed by atoms with E-state index in [1.54, 1.807) is 20.1 Å². The number of pyridine rings is 1. The van der Waals surface area contributed by atoms with Crippen LogP contribution in [0.4, 0.5) is 0 Å². The molecule has 2 aromatic heterocycles. The molecule has 1 fully saturated rings. The van der Waals surface area contributed by atoms with Gasteiger partial charge in [-0.1, -0.05) is 31.2 Å². The van der Waals surface area contributed by atoms with E-state index in [2.05, 4.69) is 35.1 Å². The number of aromatic nitrogens is 3. The van der Waals surface area contributed by atoms with Gasteiger partial charge in [0.2, 0.25) is 5.88 Å². The molecule has 4 heterocycles. The van der Waals surface area contributed by atoms with Crippen molar-refractivity contribution in [3.63, 3.8) is 0 Å². The summed E-state index contributed by atoms with van der Waals surface area (Å²) >= 11 is 0. The number of hydrogen-bond acceptors (Lipinski definition) is 8. The van der Waals surface area contributed by atoms with Gasteiger partial charge < -0.3 is 24.1 Å². The van der Waals surface area contributed by atoms with Crippen LogP contribution >= 0.6 is 0 Å². The topological polar surface area (TPSA) is 108 Å². The molecule has 3 aromatic rings. The molecule has 1 aromatic carbocycles. The van der Waals surface area contributed by atoms with Crippen LogP contribution in [0.5, 0.6) is 11.6 Å². The summed E-state index contributed by atoms with van der Waals surface area (Å²) in [4.78, 5) is 19.2. The second-order valence-electron chi connectivity index (χ2n) is 11.5. The Morgan fingerprint density at radius 2 is 1.96 bits per heavy atom. The largest absolute Gasteiger partial charge is 0.496 e. The predicted octanol–water partition coefficient (Wildman–Crippen LogP) is 6.21. The summed E-state index contributed by atoms with van der Waals surface area (Å²) in [5.74, 6) is 1.13. The van der Waals surface area contributed by atoms with E-state index in [9.17, 15) is 9.90 Å². The van der Waals surface area contributed by atoms with Crippen LogP contribution in [-0.2, 0) is 29.0 Å². The van der Waals surface area contributed by atoms with E-state index in [0.29, 0.717) is 30.8 Å². The molecule has 1 saturated heterocycles. The van der Waals surface area contributed by atoms with Gasteiger partial charge in [0.1, 0.15) is 23.7 Å². The fourth-order valence-electron chi connectivity index (χ4n) is 6.20. The molecule has 0 amide bonds. The molecule has 0 unspecified atom stereocenters. The van der Waals surface area contributed by atoms with E-state index in [0.717, 1.165) is 80.2 Å². The Bertz CT molecular complexity index is 1570. The zero-order valence-electron chi connectivity index (χ0n) is 27.0. The summed E-state index contributed by atoms with van der Waals surface area (Å²) in [5, 5.41) is 13.9. The normalized spacial score (nSPS) is 15.8. The molecule has 0 bridgehead atoms. The molecule has 0 radical (unpaired) electrons. The minimum atomic E-state index is -1.11. The average molecular weight is 617 g/mol. The highest BCUT2D eigenvalue weighted by Gasteiger charge is 2.28. The van der Waals surface area contributed by atoms with Gasteiger partial charge in [0, 0.05) is 49.0 Å². The van der Waals surface area contributed by atoms with Crippen molar-refractivity contribution < 1.29 is 28.8 Å². The predicted molar refractivity (Wildman–Crippen MR) is 172 cm³/mol. The van der Waals surface area contributed by atoms with Gasteiger partial charge in [0.25, 0.3) is 0 Å². The Morgan fingerprint density at radius 3 is 2.64 bits per heavy atom. The number of fused-ring (bicyclic) bond motifs is 1. The van der Waals surface area contributed by atoms with Gasteiger partial charge in [-0.3, -0.25) is 4.90 Å². The number of carboxylic acid groups (broad SMARTS) is 1. The molecule has 10 heteroatoms. The molecular weight excluding hydrogens is 572 g/mol.